The van der Waals surface area contributed by atoms with Crippen LogP contribution in [0.5, 0.6) is 0 Å². The number of hydrogen-bond acceptors (Lipinski definition) is 1. The van der Waals surface area contributed by atoms with Crippen molar-refractivity contribution in [3.63, 3.8) is 0 Å². The Hall–Kier alpha value is -0.530. The van der Waals surface area contributed by atoms with Crippen LogP contribution in [0.25, 0.3) is 0 Å². The fourth-order valence-corrected chi connectivity index (χ4v) is 1.28. The zero-order valence-electron chi connectivity index (χ0n) is 9.34. The number of rotatable bonds is 5. The second kappa shape index (κ2) is 6.01. The lowest BCUT2D eigenvalue weighted by molar-refractivity contribution is -0.133. The first-order chi connectivity index (χ1) is 6.02. The summed E-state index contributed by atoms with van der Waals surface area (Å²) in [4.78, 5) is 13.5. The quantitative estimate of drug-likeness (QED) is 0.643. The fourth-order valence-electron chi connectivity index (χ4n) is 1.28. The van der Waals surface area contributed by atoms with Crippen molar-refractivity contribution in [2.75, 3.05) is 6.54 Å². The van der Waals surface area contributed by atoms with Crippen LogP contribution in [0.15, 0.2) is 0 Å². The van der Waals surface area contributed by atoms with Crippen molar-refractivity contribution in [3.05, 3.63) is 6.92 Å². The second-order valence-corrected chi connectivity index (χ2v) is 3.95. The standard InChI is InChI=1S/C11H22NO/c1-6-10(5)12(8-9(3)4)11(13)7-2/h9-10H,2,6-8H2,1,3-5H3. The Morgan fingerprint density at radius 1 is 1.38 bits per heavy atom. The number of carbonyl (C=O) groups excluding carboxylic acids is 1. The lowest BCUT2D eigenvalue weighted by Gasteiger charge is -2.29. The van der Waals surface area contributed by atoms with Crippen LogP contribution in [-0.4, -0.2) is 23.4 Å². The summed E-state index contributed by atoms with van der Waals surface area (Å²) in [6.45, 7) is 12.9. The third kappa shape index (κ3) is 4.30. The third-order valence-corrected chi connectivity index (χ3v) is 2.22. The summed E-state index contributed by atoms with van der Waals surface area (Å²) in [7, 11) is 0. The van der Waals surface area contributed by atoms with E-state index in [2.05, 4.69) is 34.6 Å². The van der Waals surface area contributed by atoms with Gasteiger partial charge in [0.25, 0.3) is 0 Å². The highest BCUT2D eigenvalue weighted by Crippen LogP contribution is 2.09. The van der Waals surface area contributed by atoms with Crippen LogP contribution in [-0.2, 0) is 4.79 Å². The van der Waals surface area contributed by atoms with Gasteiger partial charge in [0.2, 0.25) is 5.91 Å². The van der Waals surface area contributed by atoms with E-state index >= 15 is 0 Å². The highest BCUT2D eigenvalue weighted by Gasteiger charge is 2.17. The molecule has 0 saturated heterocycles. The Balaban J connectivity index is 4.26. The summed E-state index contributed by atoms with van der Waals surface area (Å²) in [5, 5.41) is 0. The SMILES string of the molecule is [CH2]CC(=O)N(CC(C)C)C(C)CC. The summed E-state index contributed by atoms with van der Waals surface area (Å²) in [5.74, 6) is 0.701. The van der Waals surface area contributed by atoms with Crippen molar-refractivity contribution < 1.29 is 4.79 Å². The molecule has 0 aliphatic heterocycles. The first kappa shape index (κ1) is 12.5. The summed E-state index contributed by atoms with van der Waals surface area (Å²) in [6, 6.07) is 0.344. The normalized spacial score (nSPS) is 13.1. The van der Waals surface area contributed by atoms with Gasteiger partial charge in [-0.3, -0.25) is 4.79 Å². The van der Waals surface area contributed by atoms with Crippen LogP contribution in [0.2, 0.25) is 0 Å². The predicted molar refractivity (Wildman–Crippen MR) is 56.3 cm³/mol. The molecule has 0 aromatic carbocycles. The van der Waals surface area contributed by atoms with E-state index in [1.165, 1.54) is 0 Å². The molecule has 1 radical (unpaired) electrons. The molecular weight excluding hydrogens is 162 g/mol. The lowest BCUT2D eigenvalue weighted by atomic mass is 10.1. The molecule has 2 nitrogen and oxygen atoms in total. The van der Waals surface area contributed by atoms with Crippen LogP contribution in [0.4, 0.5) is 0 Å². The van der Waals surface area contributed by atoms with E-state index in [1.807, 2.05) is 4.90 Å². The molecule has 77 valence electrons. The van der Waals surface area contributed by atoms with Gasteiger partial charge in [-0.2, -0.15) is 0 Å². The molecule has 2 heteroatoms. The smallest absolute Gasteiger partial charge is 0.222 e. The summed E-state index contributed by atoms with van der Waals surface area (Å²) in [5.41, 5.74) is 0. The predicted octanol–water partition coefficient (Wildman–Crippen LogP) is 2.49. The van der Waals surface area contributed by atoms with Gasteiger partial charge in [-0.15, -0.1) is 0 Å². The van der Waals surface area contributed by atoms with Gasteiger partial charge in [0.1, 0.15) is 0 Å². The number of nitrogens with zero attached hydrogens (tertiary/aromatic N) is 1. The second-order valence-electron chi connectivity index (χ2n) is 3.95. The Kier molecular flexibility index (Phi) is 5.76. The minimum atomic E-state index is 0.169. The van der Waals surface area contributed by atoms with Gasteiger partial charge in [0.05, 0.1) is 0 Å². The third-order valence-electron chi connectivity index (χ3n) is 2.22. The molecule has 0 aliphatic rings. The molecule has 1 atom stereocenters. The van der Waals surface area contributed by atoms with Gasteiger partial charge in [-0.25, -0.2) is 0 Å². The largest absolute Gasteiger partial charge is 0.340 e. The zero-order valence-corrected chi connectivity index (χ0v) is 9.34. The van der Waals surface area contributed by atoms with Crippen molar-refractivity contribution in [3.8, 4) is 0 Å². The van der Waals surface area contributed by atoms with Gasteiger partial charge < -0.3 is 4.90 Å². The molecule has 0 aromatic heterocycles. The Labute approximate surface area is 82.3 Å². The summed E-state index contributed by atoms with van der Waals surface area (Å²) >= 11 is 0. The van der Waals surface area contributed by atoms with Gasteiger partial charge in [-0.05, 0) is 26.2 Å². The Morgan fingerprint density at radius 2 is 1.92 bits per heavy atom. The molecule has 0 saturated carbocycles. The molecule has 0 N–H and O–H groups in total. The molecule has 0 rings (SSSR count). The van der Waals surface area contributed by atoms with Crippen molar-refractivity contribution in [1.29, 1.82) is 0 Å². The van der Waals surface area contributed by atoms with Crippen molar-refractivity contribution >= 4 is 5.91 Å². The fraction of sp³-hybridized carbons (Fsp3) is 0.818. The van der Waals surface area contributed by atoms with Crippen molar-refractivity contribution in [2.45, 2.75) is 46.6 Å². The van der Waals surface area contributed by atoms with E-state index in [1.54, 1.807) is 0 Å². The van der Waals surface area contributed by atoms with E-state index in [0.717, 1.165) is 13.0 Å². The monoisotopic (exact) mass is 184 g/mol. The van der Waals surface area contributed by atoms with E-state index in [9.17, 15) is 4.79 Å². The van der Waals surface area contributed by atoms with Crippen LogP contribution in [0.1, 0.15) is 40.5 Å². The van der Waals surface area contributed by atoms with E-state index < -0.39 is 0 Å². The van der Waals surface area contributed by atoms with Crippen LogP contribution in [0.3, 0.4) is 0 Å². The minimum absolute atomic E-state index is 0.169. The number of carbonyl (C=O) groups is 1. The molecule has 1 amide bonds. The van der Waals surface area contributed by atoms with Gasteiger partial charge in [0, 0.05) is 19.0 Å². The minimum Gasteiger partial charge on any atom is -0.340 e. The molecule has 0 heterocycles. The zero-order chi connectivity index (χ0) is 10.4. The maximum Gasteiger partial charge on any atom is 0.222 e. The summed E-state index contributed by atoms with van der Waals surface area (Å²) < 4.78 is 0. The molecule has 0 aliphatic carbocycles. The molecule has 0 bridgehead atoms. The van der Waals surface area contributed by atoms with Crippen molar-refractivity contribution in [2.24, 2.45) is 5.92 Å². The van der Waals surface area contributed by atoms with E-state index in [-0.39, 0.29) is 5.91 Å². The highest BCUT2D eigenvalue weighted by molar-refractivity contribution is 5.76. The highest BCUT2D eigenvalue weighted by atomic mass is 16.2. The summed E-state index contributed by atoms with van der Waals surface area (Å²) in [6.07, 6.45) is 1.38. The average Bonchev–Trinajstić information content (AvgIpc) is 2.11. The molecule has 0 spiro atoms. The van der Waals surface area contributed by atoms with Gasteiger partial charge in [-0.1, -0.05) is 20.8 Å². The average molecular weight is 184 g/mol. The van der Waals surface area contributed by atoms with E-state index in [4.69, 9.17) is 0 Å². The maximum absolute atomic E-state index is 11.5. The lowest BCUT2D eigenvalue weighted by Crippen LogP contribution is -2.40. The van der Waals surface area contributed by atoms with Gasteiger partial charge >= 0.3 is 0 Å². The molecule has 1 unspecified atom stereocenters. The number of amides is 1. The first-order valence-electron chi connectivity index (χ1n) is 5.11. The topological polar surface area (TPSA) is 20.3 Å². The Bertz CT molecular complexity index is 154. The van der Waals surface area contributed by atoms with Crippen LogP contribution >= 0.6 is 0 Å². The van der Waals surface area contributed by atoms with Crippen LogP contribution in [0, 0.1) is 12.8 Å². The van der Waals surface area contributed by atoms with Crippen LogP contribution < -0.4 is 0 Å². The van der Waals surface area contributed by atoms with E-state index in [0.29, 0.717) is 18.4 Å². The molecule has 0 aromatic rings. The molecule has 0 fully saturated rings. The Morgan fingerprint density at radius 3 is 2.23 bits per heavy atom. The molecular formula is C11H22NO. The maximum atomic E-state index is 11.5. The molecule has 13 heavy (non-hydrogen) atoms. The number of hydrogen-bond donors (Lipinski definition) is 0. The van der Waals surface area contributed by atoms with Crippen molar-refractivity contribution in [1.82, 2.24) is 4.90 Å². The first-order valence-corrected chi connectivity index (χ1v) is 5.11. The van der Waals surface area contributed by atoms with Gasteiger partial charge in [0.15, 0.2) is 0 Å².